The molecular weight excluding hydrogens is 520 g/mol. The van der Waals surface area contributed by atoms with Gasteiger partial charge in [-0.1, -0.05) is 18.2 Å². The van der Waals surface area contributed by atoms with Crippen LogP contribution < -0.4 is 24.4 Å². The maximum atomic E-state index is 11.0. The molecule has 2 aliphatic heterocycles. The maximum absolute atomic E-state index is 11.0. The molecule has 8 heteroatoms. The van der Waals surface area contributed by atoms with Crippen molar-refractivity contribution in [3.63, 3.8) is 0 Å². The summed E-state index contributed by atoms with van der Waals surface area (Å²) in [4.78, 5) is 2.35. The van der Waals surface area contributed by atoms with Crippen LogP contribution in [-0.2, 0) is 16.1 Å². The van der Waals surface area contributed by atoms with Crippen LogP contribution >= 0.6 is 0 Å². The minimum atomic E-state index is -0.553. The number of anilines is 1. The Morgan fingerprint density at radius 3 is 2.44 bits per heavy atom. The Hall–Kier alpha value is -3.30. The number of rotatable bonds is 12. The largest absolute Gasteiger partial charge is 0.491 e. The van der Waals surface area contributed by atoms with Crippen LogP contribution in [0, 0.1) is 0 Å². The molecule has 3 aromatic rings. The highest BCUT2D eigenvalue weighted by Crippen LogP contribution is 2.35. The molecule has 1 saturated heterocycles. The normalized spacial score (nSPS) is 20.4. The van der Waals surface area contributed by atoms with E-state index >= 15 is 0 Å². The SMILES string of the molecule is COCCCN1CCOc2ccc(COC3CNCC(O)C3c3ccc(Oc4ccc(OC(C)C)cc4)cc3)cc21. The van der Waals surface area contributed by atoms with E-state index < -0.39 is 6.10 Å². The van der Waals surface area contributed by atoms with Gasteiger partial charge in [-0.3, -0.25) is 0 Å². The fourth-order valence-corrected chi connectivity index (χ4v) is 5.47. The Labute approximate surface area is 243 Å². The van der Waals surface area contributed by atoms with E-state index in [-0.39, 0.29) is 18.1 Å². The minimum Gasteiger partial charge on any atom is -0.491 e. The standard InChI is InChI=1S/C33H42N2O6/c1-23(2)40-26-10-12-28(13-11-26)41-27-8-6-25(7-9-27)33-30(36)20-34-21-32(33)39-22-24-5-14-31-29(19-24)35(16-18-38-31)15-4-17-37-3/h5-14,19,23,30,32-34,36H,4,15-18,20-22H2,1-3H3. The molecule has 3 unspecified atom stereocenters. The summed E-state index contributed by atoms with van der Waals surface area (Å²) in [7, 11) is 1.74. The Morgan fingerprint density at radius 2 is 1.71 bits per heavy atom. The first kappa shape index (κ1) is 29.2. The van der Waals surface area contributed by atoms with Crippen molar-refractivity contribution >= 4 is 5.69 Å². The van der Waals surface area contributed by atoms with Gasteiger partial charge in [0.05, 0.1) is 37.2 Å². The van der Waals surface area contributed by atoms with Gasteiger partial charge in [-0.25, -0.2) is 0 Å². The van der Waals surface area contributed by atoms with Gasteiger partial charge in [0.15, 0.2) is 0 Å². The molecule has 0 spiro atoms. The monoisotopic (exact) mass is 562 g/mol. The average Bonchev–Trinajstić information content (AvgIpc) is 2.98. The second-order valence-corrected chi connectivity index (χ2v) is 10.9. The van der Waals surface area contributed by atoms with Crippen LogP contribution in [0.3, 0.4) is 0 Å². The van der Waals surface area contributed by atoms with Gasteiger partial charge in [0, 0.05) is 39.3 Å². The molecule has 8 nitrogen and oxygen atoms in total. The molecule has 0 amide bonds. The second kappa shape index (κ2) is 14.0. The van der Waals surface area contributed by atoms with Crippen molar-refractivity contribution in [1.29, 1.82) is 0 Å². The van der Waals surface area contributed by atoms with Gasteiger partial charge >= 0.3 is 0 Å². The van der Waals surface area contributed by atoms with Crippen molar-refractivity contribution in [2.45, 2.75) is 51.1 Å². The number of nitrogens with one attached hydrogen (secondary N) is 1. The Balaban J connectivity index is 1.22. The van der Waals surface area contributed by atoms with Crippen molar-refractivity contribution in [3.8, 4) is 23.0 Å². The molecule has 5 rings (SSSR count). The van der Waals surface area contributed by atoms with E-state index in [1.807, 2.05) is 68.4 Å². The van der Waals surface area contributed by atoms with Crippen LogP contribution in [-0.4, -0.2) is 69.9 Å². The third-order valence-electron chi connectivity index (χ3n) is 7.43. The second-order valence-electron chi connectivity index (χ2n) is 10.9. The van der Waals surface area contributed by atoms with Gasteiger partial charge in [0.2, 0.25) is 0 Å². The van der Waals surface area contributed by atoms with Gasteiger partial charge < -0.3 is 39.0 Å². The van der Waals surface area contributed by atoms with E-state index in [1.54, 1.807) is 7.11 Å². The highest BCUT2D eigenvalue weighted by Gasteiger charge is 2.34. The highest BCUT2D eigenvalue weighted by molar-refractivity contribution is 5.61. The lowest BCUT2D eigenvalue weighted by Crippen LogP contribution is -2.49. The van der Waals surface area contributed by atoms with Gasteiger partial charge in [0.25, 0.3) is 0 Å². The van der Waals surface area contributed by atoms with E-state index in [0.717, 1.165) is 65.9 Å². The number of piperidine rings is 1. The number of ether oxygens (including phenoxy) is 5. The zero-order valence-corrected chi connectivity index (χ0v) is 24.3. The quantitative estimate of drug-likeness (QED) is 0.294. The number of hydrogen-bond acceptors (Lipinski definition) is 8. The minimum absolute atomic E-state index is 0.127. The fourth-order valence-electron chi connectivity index (χ4n) is 5.47. The predicted octanol–water partition coefficient (Wildman–Crippen LogP) is 5.13. The smallest absolute Gasteiger partial charge is 0.142 e. The topological polar surface area (TPSA) is 81.7 Å². The van der Waals surface area contributed by atoms with Crippen molar-refractivity contribution < 1.29 is 28.8 Å². The molecule has 2 aliphatic rings. The summed E-state index contributed by atoms with van der Waals surface area (Å²) in [6, 6.07) is 21.8. The summed E-state index contributed by atoms with van der Waals surface area (Å²) in [5.41, 5.74) is 3.21. The van der Waals surface area contributed by atoms with Crippen LogP contribution in [0.2, 0.25) is 0 Å². The number of methoxy groups -OCH3 is 1. The Morgan fingerprint density at radius 1 is 0.976 bits per heavy atom. The van der Waals surface area contributed by atoms with E-state index in [0.29, 0.717) is 26.3 Å². The average molecular weight is 563 g/mol. The number of hydrogen-bond donors (Lipinski definition) is 2. The molecule has 2 N–H and O–H groups in total. The molecule has 0 bridgehead atoms. The molecule has 0 aliphatic carbocycles. The summed E-state index contributed by atoms with van der Waals surface area (Å²) in [6.45, 7) is 8.86. The number of aliphatic hydroxyl groups excluding tert-OH is 1. The highest BCUT2D eigenvalue weighted by atomic mass is 16.5. The molecule has 3 aromatic carbocycles. The van der Waals surface area contributed by atoms with Gasteiger partial charge in [0.1, 0.15) is 29.6 Å². The number of β-amino-alcohol motifs (C(OH)–C–C–N with tert-alkyl or cyclic N) is 1. The Kier molecular flexibility index (Phi) is 10.0. The van der Waals surface area contributed by atoms with E-state index in [9.17, 15) is 5.11 Å². The van der Waals surface area contributed by atoms with Crippen LogP contribution in [0.5, 0.6) is 23.0 Å². The lowest BCUT2D eigenvalue weighted by Gasteiger charge is -2.36. The summed E-state index contributed by atoms with van der Waals surface area (Å²) in [6.07, 6.45) is 0.362. The van der Waals surface area contributed by atoms with Crippen molar-refractivity contribution in [2.75, 3.05) is 51.4 Å². The van der Waals surface area contributed by atoms with E-state index in [4.69, 9.17) is 23.7 Å². The molecule has 0 saturated carbocycles. The number of nitrogens with zero attached hydrogens (tertiary/aromatic N) is 1. The summed E-state index contributed by atoms with van der Waals surface area (Å²) in [5, 5.41) is 14.3. The van der Waals surface area contributed by atoms with Gasteiger partial charge in [-0.15, -0.1) is 0 Å². The first-order valence-corrected chi connectivity index (χ1v) is 14.5. The third kappa shape index (κ3) is 7.71. The number of benzene rings is 3. The summed E-state index contributed by atoms with van der Waals surface area (Å²) >= 11 is 0. The first-order chi connectivity index (χ1) is 20.0. The van der Waals surface area contributed by atoms with Crippen molar-refractivity contribution in [1.82, 2.24) is 5.32 Å². The van der Waals surface area contributed by atoms with Gasteiger partial charge in [-0.2, -0.15) is 0 Å². The molecule has 0 aromatic heterocycles. The van der Waals surface area contributed by atoms with Crippen LogP contribution in [0.1, 0.15) is 37.3 Å². The number of aliphatic hydroxyl groups is 1. The van der Waals surface area contributed by atoms with E-state index in [1.165, 1.54) is 0 Å². The molecule has 41 heavy (non-hydrogen) atoms. The van der Waals surface area contributed by atoms with E-state index in [2.05, 4.69) is 22.3 Å². The molecule has 2 heterocycles. The van der Waals surface area contributed by atoms with Crippen LogP contribution in [0.4, 0.5) is 5.69 Å². The lowest BCUT2D eigenvalue weighted by atomic mass is 9.85. The Bertz CT molecular complexity index is 1230. The predicted molar refractivity (Wildman–Crippen MR) is 160 cm³/mol. The van der Waals surface area contributed by atoms with Crippen LogP contribution in [0.25, 0.3) is 0 Å². The zero-order chi connectivity index (χ0) is 28.6. The van der Waals surface area contributed by atoms with Gasteiger partial charge in [-0.05, 0) is 79.9 Å². The maximum Gasteiger partial charge on any atom is 0.142 e. The third-order valence-corrected chi connectivity index (χ3v) is 7.43. The summed E-state index contributed by atoms with van der Waals surface area (Å²) < 4.78 is 29.3. The fraction of sp³-hybridized carbons (Fsp3) is 0.455. The zero-order valence-electron chi connectivity index (χ0n) is 24.3. The molecule has 3 atom stereocenters. The lowest BCUT2D eigenvalue weighted by molar-refractivity contribution is -0.0328. The molecule has 1 fully saturated rings. The molecular formula is C33H42N2O6. The number of fused-ring (bicyclic) bond motifs is 1. The first-order valence-electron chi connectivity index (χ1n) is 14.5. The van der Waals surface area contributed by atoms with Crippen molar-refractivity contribution in [2.24, 2.45) is 0 Å². The van der Waals surface area contributed by atoms with Crippen LogP contribution in [0.15, 0.2) is 66.7 Å². The van der Waals surface area contributed by atoms with Crippen molar-refractivity contribution in [3.05, 3.63) is 77.9 Å². The summed E-state index contributed by atoms with van der Waals surface area (Å²) in [5.74, 6) is 3.05. The molecule has 0 radical (unpaired) electrons. The molecule has 220 valence electrons.